The number of nitrogens with one attached hydrogen (secondary N) is 1. The highest BCUT2D eigenvalue weighted by Gasteiger charge is 2.37. The van der Waals surface area contributed by atoms with Gasteiger partial charge in [-0.25, -0.2) is 9.69 Å². The average Bonchev–Trinajstić information content (AvgIpc) is 2.95. The first-order valence-corrected chi connectivity index (χ1v) is 13.3. The third-order valence-corrected chi connectivity index (χ3v) is 6.82. The van der Waals surface area contributed by atoms with Crippen LogP contribution in [-0.4, -0.2) is 24.5 Å². The molecule has 0 aromatic heterocycles. The highest BCUT2D eigenvalue weighted by atomic mass is 35.5. The van der Waals surface area contributed by atoms with E-state index in [9.17, 15) is 14.4 Å². The van der Waals surface area contributed by atoms with Crippen molar-refractivity contribution in [3.8, 4) is 11.5 Å². The van der Waals surface area contributed by atoms with Crippen molar-refractivity contribution in [1.82, 2.24) is 5.32 Å². The predicted molar refractivity (Wildman–Crippen MR) is 156 cm³/mol. The van der Waals surface area contributed by atoms with Gasteiger partial charge in [0.1, 0.15) is 23.7 Å². The van der Waals surface area contributed by atoms with Crippen molar-refractivity contribution in [2.75, 3.05) is 11.5 Å². The molecule has 0 atom stereocenters. The van der Waals surface area contributed by atoms with Crippen LogP contribution in [0.5, 0.6) is 11.5 Å². The molecule has 1 saturated heterocycles. The van der Waals surface area contributed by atoms with Gasteiger partial charge in [0.2, 0.25) is 0 Å². The molecule has 0 saturated carbocycles. The molecule has 1 aliphatic heterocycles. The van der Waals surface area contributed by atoms with E-state index in [4.69, 9.17) is 21.1 Å². The van der Waals surface area contributed by atoms with Gasteiger partial charge < -0.3 is 9.47 Å². The molecular weight excluding hydrogens is 528 g/mol. The van der Waals surface area contributed by atoms with Crippen LogP contribution in [0.4, 0.5) is 10.5 Å². The van der Waals surface area contributed by atoms with Gasteiger partial charge in [-0.2, -0.15) is 0 Å². The number of barbiturate groups is 1. The Labute approximate surface area is 237 Å². The third kappa shape index (κ3) is 5.55. The zero-order valence-corrected chi connectivity index (χ0v) is 22.8. The molecule has 4 amide bonds. The number of imide groups is 2. The largest absolute Gasteiger partial charge is 0.494 e. The molecule has 4 aromatic rings. The molecule has 1 aliphatic rings. The number of hydrogen-bond donors (Lipinski definition) is 1. The number of rotatable bonds is 8. The number of aryl methyl sites for hydroxylation is 1. The Hall–Kier alpha value is -4.62. The summed E-state index contributed by atoms with van der Waals surface area (Å²) in [6.45, 7) is 4.84. The van der Waals surface area contributed by atoms with E-state index in [0.29, 0.717) is 34.4 Å². The number of amides is 4. The maximum atomic E-state index is 13.4. The molecule has 1 N–H and O–H groups in total. The first-order valence-electron chi connectivity index (χ1n) is 12.9. The van der Waals surface area contributed by atoms with Gasteiger partial charge in [0, 0.05) is 16.1 Å². The molecule has 7 nitrogen and oxygen atoms in total. The maximum absolute atomic E-state index is 13.4. The monoisotopic (exact) mass is 554 g/mol. The molecule has 0 unspecified atom stereocenters. The molecule has 202 valence electrons. The van der Waals surface area contributed by atoms with E-state index in [1.54, 1.807) is 42.5 Å². The summed E-state index contributed by atoms with van der Waals surface area (Å²) in [4.78, 5) is 39.8. The molecule has 0 aliphatic carbocycles. The molecule has 40 heavy (non-hydrogen) atoms. The van der Waals surface area contributed by atoms with E-state index < -0.39 is 17.8 Å². The topological polar surface area (TPSA) is 84.9 Å². The van der Waals surface area contributed by atoms with Crippen molar-refractivity contribution in [2.45, 2.75) is 26.9 Å². The number of benzene rings is 4. The van der Waals surface area contributed by atoms with Crippen LogP contribution in [0.1, 0.15) is 30.0 Å². The molecular formula is C32H27ClN2O5. The fourth-order valence-corrected chi connectivity index (χ4v) is 4.69. The van der Waals surface area contributed by atoms with Crippen molar-refractivity contribution in [1.29, 1.82) is 0 Å². The maximum Gasteiger partial charge on any atom is 0.335 e. The van der Waals surface area contributed by atoms with Crippen LogP contribution in [0.3, 0.4) is 0 Å². The van der Waals surface area contributed by atoms with Crippen LogP contribution in [-0.2, 0) is 16.2 Å². The second-order valence-corrected chi connectivity index (χ2v) is 9.79. The van der Waals surface area contributed by atoms with E-state index in [0.717, 1.165) is 33.2 Å². The van der Waals surface area contributed by atoms with Crippen LogP contribution in [0, 0.1) is 6.92 Å². The van der Waals surface area contributed by atoms with Gasteiger partial charge in [0.15, 0.2) is 0 Å². The zero-order valence-electron chi connectivity index (χ0n) is 22.1. The van der Waals surface area contributed by atoms with Crippen LogP contribution in [0.15, 0.2) is 84.4 Å². The number of halogens is 1. The number of hydrogen-bond acceptors (Lipinski definition) is 5. The zero-order chi connectivity index (χ0) is 28.2. The molecule has 5 rings (SSSR count). The van der Waals surface area contributed by atoms with E-state index in [1.807, 2.05) is 44.2 Å². The second kappa shape index (κ2) is 11.6. The second-order valence-electron chi connectivity index (χ2n) is 9.35. The SMILES string of the molecule is CCCOc1ccc(N2C(=O)NC(=O)/C(=C/c3cc(Cl)ccc3OCc3c(C)ccc4ccccc34)C2=O)cc1. The van der Waals surface area contributed by atoms with Gasteiger partial charge in [-0.1, -0.05) is 54.9 Å². The van der Waals surface area contributed by atoms with Crippen LogP contribution < -0.4 is 19.7 Å². The summed E-state index contributed by atoms with van der Waals surface area (Å²) >= 11 is 6.28. The van der Waals surface area contributed by atoms with Gasteiger partial charge in [-0.15, -0.1) is 0 Å². The lowest BCUT2D eigenvalue weighted by molar-refractivity contribution is -0.122. The first kappa shape index (κ1) is 27.0. The summed E-state index contributed by atoms with van der Waals surface area (Å²) in [5.41, 5.74) is 2.62. The van der Waals surface area contributed by atoms with Crippen LogP contribution >= 0.6 is 11.6 Å². The van der Waals surface area contributed by atoms with Gasteiger partial charge in [-0.05, 0) is 78.2 Å². The van der Waals surface area contributed by atoms with E-state index in [-0.39, 0.29) is 12.2 Å². The minimum Gasteiger partial charge on any atom is -0.494 e. The highest BCUT2D eigenvalue weighted by molar-refractivity contribution is 6.39. The van der Waals surface area contributed by atoms with Gasteiger partial charge >= 0.3 is 6.03 Å². The Morgan fingerprint density at radius 1 is 0.925 bits per heavy atom. The highest BCUT2D eigenvalue weighted by Crippen LogP contribution is 2.30. The van der Waals surface area contributed by atoms with E-state index >= 15 is 0 Å². The number of urea groups is 1. The Bertz CT molecular complexity index is 1650. The first-order chi connectivity index (χ1) is 19.4. The normalized spacial score (nSPS) is 14.5. The molecule has 0 bridgehead atoms. The number of anilines is 1. The summed E-state index contributed by atoms with van der Waals surface area (Å²) in [5, 5.41) is 4.84. The Morgan fingerprint density at radius 3 is 2.48 bits per heavy atom. The lowest BCUT2D eigenvalue weighted by atomic mass is 10.0. The standard InChI is InChI=1S/C32H27ClN2O5/c1-3-16-39-25-13-11-24(12-14-25)35-31(37)27(30(36)34-32(35)38)18-22-17-23(33)10-15-29(22)40-19-28-20(2)8-9-21-6-4-5-7-26(21)28/h4-15,17-18H,3,16,19H2,1-2H3,(H,34,36,38)/b27-18-. The molecule has 0 spiro atoms. The number of fused-ring (bicyclic) bond motifs is 1. The van der Waals surface area contributed by atoms with E-state index in [2.05, 4.69) is 11.4 Å². The van der Waals surface area contributed by atoms with E-state index in [1.165, 1.54) is 6.08 Å². The van der Waals surface area contributed by atoms with Crippen molar-refractivity contribution in [2.24, 2.45) is 0 Å². The Kier molecular flexibility index (Phi) is 7.84. The lowest BCUT2D eigenvalue weighted by Gasteiger charge is -2.26. The van der Waals surface area contributed by atoms with Crippen molar-refractivity contribution in [3.05, 3.63) is 106 Å². The van der Waals surface area contributed by atoms with Crippen LogP contribution in [0.25, 0.3) is 16.8 Å². The quantitative estimate of drug-likeness (QED) is 0.190. The summed E-state index contributed by atoms with van der Waals surface area (Å²) in [6, 6.07) is 22.9. The van der Waals surface area contributed by atoms with Gasteiger partial charge in [0.05, 0.1) is 12.3 Å². The fourth-order valence-electron chi connectivity index (χ4n) is 4.51. The average molecular weight is 555 g/mol. The molecule has 0 radical (unpaired) electrons. The number of carbonyl (C=O) groups excluding carboxylic acids is 3. The van der Waals surface area contributed by atoms with Crippen molar-refractivity contribution >= 4 is 52.0 Å². The number of ether oxygens (including phenoxy) is 2. The molecule has 8 heteroatoms. The predicted octanol–water partition coefficient (Wildman–Crippen LogP) is 6.84. The molecule has 1 heterocycles. The van der Waals surface area contributed by atoms with Crippen molar-refractivity contribution < 1.29 is 23.9 Å². The number of nitrogens with zero attached hydrogens (tertiary/aromatic N) is 1. The van der Waals surface area contributed by atoms with Gasteiger partial charge in [-0.3, -0.25) is 14.9 Å². The minimum atomic E-state index is -0.830. The summed E-state index contributed by atoms with van der Waals surface area (Å²) in [5.74, 6) is -0.507. The third-order valence-electron chi connectivity index (χ3n) is 6.59. The Balaban J connectivity index is 1.45. The summed E-state index contributed by atoms with van der Waals surface area (Å²) < 4.78 is 11.8. The summed E-state index contributed by atoms with van der Waals surface area (Å²) in [7, 11) is 0. The minimum absolute atomic E-state index is 0.223. The molecule has 4 aromatic carbocycles. The summed E-state index contributed by atoms with van der Waals surface area (Å²) in [6.07, 6.45) is 2.24. The van der Waals surface area contributed by atoms with Crippen molar-refractivity contribution in [3.63, 3.8) is 0 Å². The van der Waals surface area contributed by atoms with Gasteiger partial charge in [0.25, 0.3) is 11.8 Å². The number of carbonyl (C=O) groups is 3. The van der Waals surface area contributed by atoms with Crippen LogP contribution in [0.2, 0.25) is 5.02 Å². The molecule has 1 fully saturated rings. The smallest absolute Gasteiger partial charge is 0.335 e. The fraction of sp³-hybridized carbons (Fsp3) is 0.156. The lowest BCUT2D eigenvalue weighted by Crippen LogP contribution is -2.54. The Morgan fingerprint density at radius 2 is 1.70 bits per heavy atom.